The molecule has 34 heavy (non-hydrogen) atoms. The molecule has 174 valence electrons. The maximum absolute atomic E-state index is 13.5. The van der Waals surface area contributed by atoms with Crippen LogP contribution in [0.15, 0.2) is 67.0 Å². The van der Waals surface area contributed by atoms with E-state index in [-0.39, 0.29) is 5.56 Å². The number of rotatable bonds is 5. The summed E-state index contributed by atoms with van der Waals surface area (Å²) in [5, 5.41) is 0. The molecule has 0 amide bonds. The molecule has 0 atom stereocenters. The quantitative estimate of drug-likeness (QED) is 0.409. The summed E-state index contributed by atoms with van der Waals surface area (Å²) < 4.78 is 28.9. The van der Waals surface area contributed by atoms with Crippen LogP contribution in [0.3, 0.4) is 0 Å². The third-order valence-electron chi connectivity index (χ3n) is 6.17. The Bertz CT molecular complexity index is 1280. The van der Waals surface area contributed by atoms with Gasteiger partial charge in [-0.2, -0.15) is 4.98 Å². The van der Waals surface area contributed by atoms with Gasteiger partial charge in [0, 0.05) is 55.9 Å². The molecule has 0 N–H and O–H groups in total. The molecule has 1 aromatic carbocycles. The summed E-state index contributed by atoms with van der Waals surface area (Å²) in [6.07, 6.45) is 0.975. The number of benzene rings is 1. The molecular formula is C26H26F2N6. The van der Waals surface area contributed by atoms with Crippen molar-refractivity contribution in [3.8, 4) is 17.2 Å². The molecule has 4 aromatic rings. The van der Waals surface area contributed by atoms with Gasteiger partial charge in [-0.3, -0.25) is 4.57 Å². The van der Waals surface area contributed by atoms with Crippen molar-refractivity contribution < 1.29 is 8.78 Å². The van der Waals surface area contributed by atoms with Gasteiger partial charge in [0.05, 0.1) is 11.3 Å². The first-order valence-corrected chi connectivity index (χ1v) is 11.3. The molecule has 0 unspecified atom stereocenters. The Balaban J connectivity index is 1.45. The fourth-order valence-corrected chi connectivity index (χ4v) is 4.25. The molecule has 5 rings (SSSR count). The monoisotopic (exact) mass is 460 g/mol. The molecule has 0 aliphatic carbocycles. The van der Waals surface area contributed by atoms with Crippen LogP contribution < -0.4 is 9.80 Å². The average molecular weight is 461 g/mol. The van der Waals surface area contributed by atoms with Gasteiger partial charge in [-0.05, 0) is 38.1 Å². The van der Waals surface area contributed by atoms with Crippen molar-refractivity contribution >= 4 is 11.6 Å². The highest BCUT2D eigenvalue weighted by Crippen LogP contribution is 2.30. The first kappa shape index (κ1) is 22.0. The lowest BCUT2D eigenvalue weighted by molar-refractivity contribution is 0.151. The van der Waals surface area contributed by atoms with Gasteiger partial charge in [0.2, 0.25) is 5.95 Å². The summed E-state index contributed by atoms with van der Waals surface area (Å²) in [6, 6.07) is 17.3. The topological polar surface area (TPSA) is 50.1 Å². The molecule has 6 nitrogen and oxygen atoms in total. The van der Waals surface area contributed by atoms with Gasteiger partial charge >= 0.3 is 0 Å². The van der Waals surface area contributed by atoms with Gasteiger partial charge in [-0.15, -0.1) is 0 Å². The highest BCUT2D eigenvalue weighted by Gasteiger charge is 2.24. The second-order valence-electron chi connectivity index (χ2n) is 8.49. The van der Waals surface area contributed by atoms with Crippen molar-refractivity contribution in [3.05, 3.63) is 83.8 Å². The van der Waals surface area contributed by atoms with Crippen LogP contribution in [0.2, 0.25) is 0 Å². The molecule has 0 spiro atoms. The molecule has 3 aromatic heterocycles. The van der Waals surface area contributed by atoms with Gasteiger partial charge in [0.1, 0.15) is 11.6 Å². The number of halogens is 2. The Morgan fingerprint density at radius 3 is 2.26 bits per heavy atom. The molecule has 1 aliphatic rings. The van der Waals surface area contributed by atoms with Crippen LogP contribution in [0.4, 0.5) is 20.4 Å². The lowest BCUT2D eigenvalue weighted by Gasteiger charge is -2.37. The number of nitrogens with zero attached hydrogens (tertiary/aromatic N) is 6. The minimum atomic E-state index is -2.55. The summed E-state index contributed by atoms with van der Waals surface area (Å²) in [7, 11) is 0. The smallest absolute Gasteiger partial charge is 0.267 e. The third-order valence-corrected chi connectivity index (χ3v) is 6.17. The van der Waals surface area contributed by atoms with E-state index in [2.05, 4.69) is 41.1 Å². The Labute approximate surface area is 197 Å². The van der Waals surface area contributed by atoms with Crippen LogP contribution >= 0.6 is 0 Å². The van der Waals surface area contributed by atoms with Crippen LogP contribution in [0.5, 0.6) is 0 Å². The standard InChI is InChI=1S/C26H26F2N6/c1-18-7-9-20(10-8-18)22-17-23(31-26(30-22)34-12-4-5-19(34)2)32-13-15-33(16-14-32)25-21(24(27)28)6-3-11-29-25/h3-12,17,24H,13-16H2,1-2H3. The molecule has 4 heterocycles. The maximum atomic E-state index is 13.5. The largest absolute Gasteiger partial charge is 0.353 e. The molecule has 1 aliphatic heterocycles. The second kappa shape index (κ2) is 9.21. The highest BCUT2D eigenvalue weighted by atomic mass is 19.3. The third kappa shape index (κ3) is 4.35. The van der Waals surface area contributed by atoms with Crippen LogP contribution in [0, 0.1) is 13.8 Å². The van der Waals surface area contributed by atoms with E-state index in [9.17, 15) is 8.78 Å². The van der Waals surface area contributed by atoms with Crippen LogP contribution in [-0.4, -0.2) is 45.7 Å². The minimum Gasteiger partial charge on any atom is -0.353 e. The van der Waals surface area contributed by atoms with Gasteiger partial charge in [-0.25, -0.2) is 18.7 Å². The van der Waals surface area contributed by atoms with E-state index < -0.39 is 6.43 Å². The van der Waals surface area contributed by atoms with Crippen LogP contribution in [0.25, 0.3) is 17.2 Å². The SMILES string of the molecule is Cc1ccc(-c2cc(N3CCN(c4ncccc4C(F)F)CC3)nc(-n3cccc3C)n2)cc1. The van der Waals surface area contributed by atoms with Gasteiger partial charge in [0.15, 0.2) is 0 Å². The Hall–Kier alpha value is -3.81. The lowest BCUT2D eigenvalue weighted by atomic mass is 10.1. The molecular weight excluding hydrogens is 434 g/mol. The van der Waals surface area contributed by atoms with E-state index >= 15 is 0 Å². The number of anilines is 2. The van der Waals surface area contributed by atoms with E-state index in [1.807, 2.05) is 40.8 Å². The highest BCUT2D eigenvalue weighted by molar-refractivity contribution is 5.64. The van der Waals surface area contributed by atoms with Crippen molar-refractivity contribution in [2.24, 2.45) is 0 Å². The minimum absolute atomic E-state index is 0.0231. The molecule has 1 fully saturated rings. The Morgan fingerprint density at radius 2 is 1.59 bits per heavy atom. The second-order valence-corrected chi connectivity index (χ2v) is 8.49. The van der Waals surface area contributed by atoms with E-state index in [4.69, 9.17) is 9.97 Å². The van der Waals surface area contributed by atoms with E-state index in [0.717, 1.165) is 22.8 Å². The number of piperazine rings is 1. The number of hydrogen-bond donors (Lipinski definition) is 0. The van der Waals surface area contributed by atoms with Crippen molar-refractivity contribution in [2.45, 2.75) is 20.3 Å². The van der Waals surface area contributed by atoms with Crippen LogP contribution in [0.1, 0.15) is 23.2 Å². The predicted octanol–water partition coefficient (Wildman–Crippen LogP) is 5.21. The number of pyridine rings is 1. The van der Waals surface area contributed by atoms with Crippen molar-refractivity contribution in [3.63, 3.8) is 0 Å². The fourth-order valence-electron chi connectivity index (χ4n) is 4.25. The van der Waals surface area contributed by atoms with Crippen LogP contribution in [-0.2, 0) is 0 Å². The molecule has 8 heteroatoms. The van der Waals surface area contributed by atoms with Gasteiger partial charge in [-0.1, -0.05) is 29.8 Å². The van der Waals surface area contributed by atoms with E-state index in [1.165, 1.54) is 11.6 Å². The van der Waals surface area contributed by atoms with E-state index in [1.54, 1.807) is 12.3 Å². The van der Waals surface area contributed by atoms with Gasteiger partial charge in [0.25, 0.3) is 6.43 Å². The summed E-state index contributed by atoms with van der Waals surface area (Å²) in [5.41, 5.74) is 4.08. The van der Waals surface area contributed by atoms with Crippen molar-refractivity contribution in [1.29, 1.82) is 0 Å². The van der Waals surface area contributed by atoms with Crippen molar-refractivity contribution in [2.75, 3.05) is 36.0 Å². The Kier molecular flexibility index (Phi) is 5.96. The zero-order chi connectivity index (χ0) is 23.7. The zero-order valence-corrected chi connectivity index (χ0v) is 19.2. The van der Waals surface area contributed by atoms with Crippen molar-refractivity contribution in [1.82, 2.24) is 19.5 Å². The average Bonchev–Trinajstić information content (AvgIpc) is 3.30. The summed E-state index contributed by atoms with van der Waals surface area (Å²) in [6.45, 7) is 6.54. The maximum Gasteiger partial charge on any atom is 0.267 e. The summed E-state index contributed by atoms with van der Waals surface area (Å²) in [4.78, 5) is 18.1. The normalized spacial score (nSPS) is 14.1. The number of aryl methyl sites for hydroxylation is 2. The number of hydrogen-bond acceptors (Lipinski definition) is 5. The molecule has 1 saturated heterocycles. The first-order chi connectivity index (χ1) is 16.5. The fraction of sp³-hybridized carbons (Fsp3) is 0.269. The number of aromatic nitrogens is 4. The van der Waals surface area contributed by atoms with Gasteiger partial charge < -0.3 is 9.80 Å². The molecule has 0 bridgehead atoms. The lowest BCUT2D eigenvalue weighted by Crippen LogP contribution is -2.47. The predicted molar refractivity (Wildman–Crippen MR) is 130 cm³/mol. The number of alkyl halides is 2. The Morgan fingerprint density at radius 1 is 0.853 bits per heavy atom. The first-order valence-electron chi connectivity index (χ1n) is 11.3. The summed E-state index contributed by atoms with van der Waals surface area (Å²) >= 11 is 0. The van der Waals surface area contributed by atoms with E-state index in [0.29, 0.717) is 37.9 Å². The zero-order valence-electron chi connectivity index (χ0n) is 19.2. The molecule has 0 radical (unpaired) electrons. The molecule has 0 saturated carbocycles. The summed E-state index contributed by atoms with van der Waals surface area (Å²) in [5.74, 6) is 1.80.